The van der Waals surface area contributed by atoms with E-state index in [1.165, 1.54) is 0 Å². The van der Waals surface area contributed by atoms with Crippen molar-refractivity contribution in [1.82, 2.24) is 0 Å². The van der Waals surface area contributed by atoms with Crippen molar-refractivity contribution in [3.8, 4) is 0 Å². The monoisotopic (exact) mass is 584 g/mol. The lowest BCUT2D eigenvalue weighted by molar-refractivity contribution is 0.0177. The minimum atomic E-state index is 0.00258. The van der Waals surface area contributed by atoms with Gasteiger partial charge in [0.25, 0.3) is 0 Å². The molecule has 0 radical (unpaired) electrons. The van der Waals surface area contributed by atoms with E-state index >= 15 is 0 Å². The van der Waals surface area contributed by atoms with Crippen LogP contribution in [0.25, 0.3) is 0 Å². The topological polar surface area (TPSA) is 0 Å². The van der Waals surface area contributed by atoms with Crippen LogP contribution in [0.3, 0.4) is 0 Å². The van der Waals surface area contributed by atoms with Gasteiger partial charge in [-0.15, -0.1) is 0 Å². The van der Waals surface area contributed by atoms with Crippen LogP contribution in [0, 0.1) is 59.2 Å². The minimum Gasteiger partial charge on any atom is -0.0954 e. The van der Waals surface area contributed by atoms with Crippen LogP contribution >= 0.6 is 15.8 Å². The second kappa shape index (κ2) is 10.2. The molecule has 4 atom stereocenters. The van der Waals surface area contributed by atoms with E-state index in [4.69, 9.17) is 0 Å². The van der Waals surface area contributed by atoms with Crippen LogP contribution in [0.5, 0.6) is 0 Å². The summed E-state index contributed by atoms with van der Waals surface area (Å²) in [6.07, 6.45) is 26.3. The fourth-order valence-electron chi connectivity index (χ4n) is 14.0. The molecule has 228 valence electrons. The molecule has 0 heterocycles. The highest BCUT2D eigenvalue weighted by Gasteiger charge is 2.63. The first-order chi connectivity index (χ1) is 18.7. The van der Waals surface area contributed by atoms with Crippen LogP contribution < -0.4 is 0 Å². The van der Waals surface area contributed by atoms with Gasteiger partial charge in [0, 0.05) is 0 Å². The van der Waals surface area contributed by atoms with E-state index in [1.807, 2.05) is 0 Å². The Hall–Kier alpha value is 0.860. The molecule has 0 aromatic heterocycles. The molecule has 9 rings (SSSR count). The zero-order valence-electron chi connectivity index (χ0n) is 28.0. The van der Waals surface area contributed by atoms with E-state index in [1.54, 1.807) is 102 Å². The number of rotatable bonds is 6. The van der Waals surface area contributed by atoms with Gasteiger partial charge in [-0.3, -0.25) is 0 Å². The summed E-state index contributed by atoms with van der Waals surface area (Å²) in [7, 11) is 0.137. The highest BCUT2D eigenvalue weighted by atomic mass is 31.1. The molecule has 0 saturated heterocycles. The van der Waals surface area contributed by atoms with Crippen LogP contribution in [-0.4, -0.2) is 32.9 Å². The van der Waals surface area contributed by atoms with Gasteiger partial charge in [0.2, 0.25) is 0 Å². The molecule has 2 unspecified atom stereocenters. The summed E-state index contributed by atoms with van der Waals surface area (Å²) in [4.78, 5) is 0. The lowest BCUT2D eigenvalue weighted by atomic mass is 9.55. The predicted octanol–water partition coefficient (Wildman–Crippen LogP) is 11.8. The fourth-order valence-corrected chi connectivity index (χ4v) is 23.5. The minimum absolute atomic E-state index is 0.00258. The van der Waals surface area contributed by atoms with Gasteiger partial charge in [-0.2, -0.15) is 0 Å². The van der Waals surface area contributed by atoms with Crippen molar-refractivity contribution in [2.24, 2.45) is 59.2 Å². The summed E-state index contributed by atoms with van der Waals surface area (Å²) in [5, 5.41) is 2.56. The Balaban J connectivity index is 1.24. The lowest BCUT2D eigenvalue weighted by Gasteiger charge is -2.68. The standard InChI is InChI=1S/C38H66P2/c1-25-9-33(23-39(35(3,4)5)36(6,7)8)34(10-26(25)2)24-40(37-17-27-11-28(18-37)13-29(12-27)19-37)38-20-30-14-31(21-38)16-32(15-30)22-38/h25-34H,9-24H2,1-8H3/t25?,26?,27?,28?,29?,30?,31?,32?,33-,34+,37?,38?,40?/m0/s1. The molecular weight excluding hydrogens is 518 g/mol. The molecule has 40 heavy (non-hydrogen) atoms. The van der Waals surface area contributed by atoms with Crippen molar-refractivity contribution in [2.45, 2.75) is 166 Å². The van der Waals surface area contributed by atoms with E-state index in [0.717, 1.165) is 69.5 Å². The van der Waals surface area contributed by atoms with Crippen LogP contribution in [0.15, 0.2) is 0 Å². The van der Waals surface area contributed by atoms with Gasteiger partial charge in [0.15, 0.2) is 0 Å². The van der Waals surface area contributed by atoms with Gasteiger partial charge in [-0.1, -0.05) is 71.2 Å². The molecule has 0 aliphatic heterocycles. The van der Waals surface area contributed by atoms with Gasteiger partial charge in [-0.05, 0) is 182 Å². The smallest absolute Gasteiger partial charge is 0.00814 e. The molecule has 9 fully saturated rings. The first-order valence-corrected chi connectivity index (χ1v) is 21.3. The van der Waals surface area contributed by atoms with Crippen LogP contribution in [0.2, 0.25) is 0 Å². The molecule has 9 aliphatic rings. The zero-order chi connectivity index (χ0) is 28.2. The molecule has 0 aromatic rings. The quantitative estimate of drug-likeness (QED) is 0.272. The third-order valence-electron chi connectivity index (χ3n) is 14.6. The Kier molecular flexibility index (Phi) is 7.53. The molecule has 2 heteroatoms. The van der Waals surface area contributed by atoms with Crippen molar-refractivity contribution >= 4 is 15.8 Å². The molecule has 0 nitrogen and oxygen atoms in total. The summed E-state index contributed by atoms with van der Waals surface area (Å²) in [5.41, 5.74) is 0. The summed E-state index contributed by atoms with van der Waals surface area (Å²) >= 11 is 0. The Morgan fingerprint density at radius 1 is 0.475 bits per heavy atom. The third kappa shape index (κ3) is 5.26. The van der Waals surface area contributed by atoms with Gasteiger partial charge in [-0.25, -0.2) is 0 Å². The van der Waals surface area contributed by atoms with E-state index in [0.29, 0.717) is 10.3 Å². The summed E-state index contributed by atoms with van der Waals surface area (Å²) < 4.78 is 0. The van der Waals surface area contributed by atoms with Gasteiger partial charge < -0.3 is 0 Å². The van der Waals surface area contributed by atoms with Gasteiger partial charge in [0.05, 0.1) is 0 Å². The van der Waals surface area contributed by atoms with Crippen LogP contribution in [0.4, 0.5) is 0 Å². The lowest BCUT2D eigenvalue weighted by Crippen LogP contribution is -2.57. The number of hydrogen-bond acceptors (Lipinski definition) is 0. The van der Waals surface area contributed by atoms with Crippen LogP contribution in [0.1, 0.15) is 145 Å². The third-order valence-corrected chi connectivity index (χ3v) is 22.9. The van der Waals surface area contributed by atoms with Crippen molar-refractivity contribution in [2.75, 3.05) is 12.3 Å². The van der Waals surface area contributed by atoms with Gasteiger partial charge >= 0.3 is 0 Å². The molecule has 9 aliphatic carbocycles. The maximum Gasteiger partial charge on any atom is -0.00814 e. The SMILES string of the molecule is CC1C[C@H](CP(C23CC4CC(CC(C4)C2)C3)C23CC4CC(CC(C4)C2)C3)[C@H](CP(C(C)(C)C)C(C)(C)C)CC1C. The molecule has 0 amide bonds. The van der Waals surface area contributed by atoms with E-state index in [9.17, 15) is 0 Å². The summed E-state index contributed by atoms with van der Waals surface area (Å²) in [6, 6.07) is 0. The predicted molar refractivity (Wildman–Crippen MR) is 179 cm³/mol. The maximum atomic E-state index is 2.65. The maximum absolute atomic E-state index is 2.65. The molecule has 0 aromatic carbocycles. The largest absolute Gasteiger partial charge is 0.0954 e. The Bertz CT molecular complexity index is 806. The summed E-state index contributed by atoms with van der Waals surface area (Å²) in [5.74, 6) is 10.7. The van der Waals surface area contributed by atoms with Crippen molar-refractivity contribution in [1.29, 1.82) is 0 Å². The van der Waals surface area contributed by atoms with Crippen molar-refractivity contribution in [3.63, 3.8) is 0 Å². The van der Waals surface area contributed by atoms with Crippen LogP contribution in [-0.2, 0) is 0 Å². The fraction of sp³-hybridized carbons (Fsp3) is 1.00. The average molecular weight is 585 g/mol. The second-order valence-electron chi connectivity index (χ2n) is 19.8. The molecule has 0 N–H and O–H groups in total. The van der Waals surface area contributed by atoms with E-state index in [-0.39, 0.29) is 15.8 Å². The number of hydrogen-bond donors (Lipinski definition) is 0. The molecule has 0 spiro atoms. The normalized spacial score (nSPS) is 50.6. The van der Waals surface area contributed by atoms with Gasteiger partial charge in [0.1, 0.15) is 0 Å². The zero-order valence-corrected chi connectivity index (χ0v) is 29.8. The first-order valence-electron chi connectivity index (χ1n) is 18.3. The highest BCUT2D eigenvalue weighted by Crippen LogP contribution is 2.79. The Labute approximate surface area is 252 Å². The second-order valence-corrected chi connectivity index (χ2v) is 26.8. The van der Waals surface area contributed by atoms with E-state index in [2.05, 4.69) is 55.4 Å². The first kappa shape index (κ1) is 29.6. The summed E-state index contributed by atoms with van der Waals surface area (Å²) in [6.45, 7) is 20.8. The average Bonchev–Trinajstić information content (AvgIpc) is 2.80. The van der Waals surface area contributed by atoms with Crippen molar-refractivity contribution < 1.29 is 0 Å². The Morgan fingerprint density at radius 3 is 1.07 bits per heavy atom. The van der Waals surface area contributed by atoms with Crippen molar-refractivity contribution in [3.05, 3.63) is 0 Å². The van der Waals surface area contributed by atoms with E-state index < -0.39 is 0 Å². The molecule has 8 bridgehead atoms. The highest BCUT2D eigenvalue weighted by molar-refractivity contribution is 7.61. The Morgan fingerprint density at radius 2 is 0.775 bits per heavy atom. The molecule has 9 saturated carbocycles. The molecular formula is C38H66P2.